The highest BCUT2D eigenvalue weighted by Crippen LogP contribution is 2.46. The van der Waals surface area contributed by atoms with E-state index in [1.807, 2.05) is 42.5 Å². The van der Waals surface area contributed by atoms with Crippen molar-refractivity contribution in [1.82, 2.24) is 14.8 Å². The lowest BCUT2D eigenvalue weighted by atomic mass is 9.78. The summed E-state index contributed by atoms with van der Waals surface area (Å²) in [5.74, 6) is 2.38. The van der Waals surface area contributed by atoms with Crippen LogP contribution in [-0.2, 0) is 4.79 Å². The maximum atomic E-state index is 13.5. The minimum atomic E-state index is -0.293. The van der Waals surface area contributed by atoms with Gasteiger partial charge in [0.1, 0.15) is 12.4 Å². The molecule has 32 heavy (non-hydrogen) atoms. The number of carbonyl (C=O) groups excluding carboxylic acids is 1. The smallest absolute Gasteiger partial charge is 0.226 e. The molecule has 8 nitrogen and oxygen atoms in total. The van der Waals surface area contributed by atoms with Crippen LogP contribution in [0.5, 0.6) is 17.2 Å². The highest BCUT2D eigenvalue weighted by Gasteiger charge is 2.39. The number of nitrogens with zero attached hydrogens (tertiary/aromatic N) is 3. The molecule has 2 aromatic carbocycles. The Kier molecular flexibility index (Phi) is 5.05. The molecule has 0 radical (unpaired) electrons. The summed E-state index contributed by atoms with van der Waals surface area (Å²) in [5, 5.41) is 7.74. The zero-order valence-corrected chi connectivity index (χ0v) is 18.2. The summed E-state index contributed by atoms with van der Waals surface area (Å²) in [4.78, 5) is 17.9. The van der Waals surface area contributed by atoms with Crippen molar-refractivity contribution in [3.05, 3.63) is 71.2 Å². The molecule has 3 aromatic rings. The molecule has 2 aliphatic rings. The molecule has 8 heteroatoms. The van der Waals surface area contributed by atoms with E-state index in [-0.39, 0.29) is 17.7 Å². The second-order valence-corrected chi connectivity index (χ2v) is 7.85. The molecular formula is C24H24N4O4. The summed E-state index contributed by atoms with van der Waals surface area (Å²) >= 11 is 0. The van der Waals surface area contributed by atoms with Crippen molar-refractivity contribution in [2.75, 3.05) is 26.6 Å². The number of nitrogens with one attached hydrogen (secondary N) is 1. The summed E-state index contributed by atoms with van der Waals surface area (Å²) in [6.07, 6.45) is 2.56. The third-order valence-corrected chi connectivity index (χ3v) is 6.14. The SMILES string of the molecule is COc1cc(C2CC(=O)C3=C(C2)Nc2ncnn2C3c2ccccc2)cc(OC)c1OC. The summed E-state index contributed by atoms with van der Waals surface area (Å²) in [7, 11) is 4.76. The van der Waals surface area contributed by atoms with Crippen LogP contribution >= 0.6 is 0 Å². The second-order valence-electron chi connectivity index (χ2n) is 7.85. The Morgan fingerprint density at radius 1 is 0.969 bits per heavy atom. The van der Waals surface area contributed by atoms with Gasteiger partial charge in [0.05, 0.1) is 21.3 Å². The molecule has 0 amide bonds. The fourth-order valence-electron chi connectivity index (χ4n) is 4.67. The van der Waals surface area contributed by atoms with E-state index in [0.29, 0.717) is 36.0 Å². The predicted octanol–water partition coefficient (Wildman–Crippen LogP) is 3.72. The molecular weight excluding hydrogens is 408 g/mol. The molecule has 0 bridgehead atoms. The van der Waals surface area contributed by atoms with Crippen LogP contribution in [0.3, 0.4) is 0 Å². The maximum Gasteiger partial charge on any atom is 0.226 e. The van der Waals surface area contributed by atoms with Crippen molar-refractivity contribution < 1.29 is 19.0 Å². The van der Waals surface area contributed by atoms with Gasteiger partial charge in [-0.3, -0.25) is 4.79 Å². The normalized spacial score (nSPS) is 19.7. The van der Waals surface area contributed by atoms with E-state index < -0.39 is 0 Å². The highest BCUT2D eigenvalue weighted by atomic mass is 16.5. The molecule has 164 valence electrons. The Bertz CT molecular complexity index is 1180. The van der Waals surface area contributed by atoms with Crippen molar-refractivity contribution >= 4 is 11.7 Å². The van der Waals surface area contributed by atoms with Crippen LogP contribution in [0.4, 0.5) is 5.95 Å². The molecule has 1 aromatic heterocycles. The molecule has 2 heterocycles. The van der Waals surface area contributed by atoms with E-state index in [0.717, 1.165) is 22.4 Å². The average Bonchev–Trinajstić information content (AvgIpc) is 3.30. The molecule has 2 unspecified atom stereocenters. The third-order valence-electron chi connectivity index (χ3n) is 6.14. The molecule has 1 aliphatic carbocycles. The molecule has 0 saturated carbocycles. The van der Waals surface area contributed by atoms with Crippen LogP contribution in [0.2, 0.25) is 0 Å². The Balaban J connectivity index is 1.57. The summed E-state index contributed by atoms with van der Waals surface area (Å²) in [5.41, 5.74) is 3.60. The van der Waals surface area contributed by atoms with Crippen LogP contribution in [0, 0.1) is 0 Å². The number of ketones is 1. The number of methoxy groups -OCH3 is 3. The van der Waals surface area contributed by atoms with Crippen molar-refractivity contribution in [2.45, 2.75) is 24.8 Å². The number of Topliss-reactive ketones (excluding diaryl/α,β-unsaturated/α-hetero) is 1. The van der Waals surface area contributed by atoms with E-state index in [9.17, 15) is 4.79 Å². The third kappa shape index (κ3) is 3.19. The fraction of sp³-hybridized carbons (Fsp3) is 0.292. The lowest BCUT2D eigenvalue weighted by Crippen LogP contribution is -2.33. The Labute approximate surface area is 185 Å². The molecule has 0 saturated heterocycles. The lowest BCUT2D eigenvalue weighted by Gasteiger charge is -2.35. The van der Waals surface area contributed by atoms with Crippen LogP contribution < -0.4 is 19.5 Å². The molecule has 2 atom stereocenters. The van der Waals surface area contributed by atoms with Gasteiger partial charge in [0.25, 0.3) is 0 Å². The number of hydrogen-bond donors (Lipinski definition) is 1. The largest absolute Gasteiger partial charge is 0.493 e. The van der Waals surface area contributed by atoms with E-state index in [2.05, 4.69) is 15.4 Å². The van der Waals surface area contributed by atoms with Gasteiger partial charge in [-0.1, -0.05) is 30.3 Å². The van der Waals surface area contributed by atoms with Crippen molar-refractivity contribution in [1.29, 1.82) is 0 Å². The number of fused-ring (bicyclic) bond motifs is 1. The van der Waals surface area contributed by atoms with Crippen LogP contribution in [0.25, 0.3) is 0 Å². The number of ether oxygens (including phenoxy) is 3. The Hall–Kier alpha value is -3.81. The molecule has 0 spiro atoms. The fourth-order valence-corrected chi connectivity index (χ4v) is 4.67. The zero-order valence-electron chi connectivity index (χ0n) is 18.2. The lowest BCUT2D eigenvalue weighted by molar-refractivity contribution is -0.116. The minimum Gasteiger partial charge on any atom is -0.493 e. The number of rotatable bonds is 5. The predicted molar refractivity (Wildman–Crippen MR) is 118 cm³/mol. The first-order valence-corrected chi connectivity index (χ1v) is 10.4. The van der Waals surface area contributed by atoms with Crippen LogP contribution in [0.1, 0.15) is 35.9 Å². The van der Waals surface area contributed by atoms with Crippen LogP contribution in [-0.4, -0.2) is 41.9 Å². The second kappa shape index (κ2) is 8.03. The monoisotopic (exact) mass is 432 g/mol. The summed E-state index contributed by atoms with van der Waals surface area (Å²) in [6, 6.07) is 13.5. The van der Waals surface area contributed by atoms with E-state index in [4.69, 9.17) is 14.2 Å². The van der Waals surface area contributed by atoms with Gasteiger partial charge < -0.3 is 19.5 Å². The van der Waals surface area contributed by atoms with Gasteiger partial charge in [-0.2, -0.15) is 10.1 Å². The average molecular weight is 432 g/mol. The van der Waals surface area contributed by atoms with Crippen LogP contribution in [0.15, 0.2) is 60.1 Å². The first-order valence-electron chi connectivity index (χ1n) is 10.4. The van der Waals surface area contributed by atoms with Gasteiger partial charge >= 0.3 is 0 Å². The van der Waals surface area contributed by atoms with Gasteiger partial charge in [-0.15, -0.1) is 0 Å². The maximum absolute atomic E-state index is 13.5. The van der Waals surface area contributed by atoms with Crippen molar-refractivity contribution in [2.24, 2.45) is 0 Å². The van der Waals surface area contributed by atoms with Gasteiger partial charge in [0.15, 0.2) is 17.3 Å². The number of aromatic nitrogens is 3. The van der Waals surface area contributed by atoms with E-state index >= 15 is 0 Å². The van der Waals surface area contributed by atoms with Gasteiger partial charge in [-0.25, -0.2) is 4.68 Å². The van der Waals surface area contributed by atoms with Gasteiger partial charge in [-0.05, 0) is 35.6 Å². The first kappa shape index (κ1) is 20.1. The Morgan fingerprint density at radius 2 is 1.69 bits per heavy atom. The number of carbonyl (C=O) groups is 1. The molecule has 1 aliphatic heterocycles. The zero-order chi connectivity index (χ0) is 22.2. The molecule has 0 fully saturated rings. The minimum absolute atomic E-state index is 0.0339. The summed E-state index contributed by atoms with van der Waals surface area (Å²) < 4.78 is 18.3. The molecule has 5 rings (SSSR count). The quantitative estimate of drug-likeness (QED) is 0.657. The molecule has 1 N–H and O–H groups in total. The van der Waals surface area contributed by atoms with Gasteiger partial charge in [0.2, 0.25) is 11.7 Å². The van der Waals surface area contributed by atoms with E-state index in [1.165, 1.54) is 6.33 Å². The van der Waals surface area contributed by atoms with E-state index in [1.54, 1.807) is 26.0 Å². The highest BCUT2D eigenvalue weighted by molar-refractivity contribution is 6.00. The Morgan fingerprint density at radius 3 is 2.34 bits per heavy atom. The number of benzene rings is 2. The number of anilines is 1. The first-order chi connectivity index (χ1) is 15.6. The van der Waals surface area contributed by atoms with Gasteiger partial charge in [0, 0.05) is 17.7 Å². The number of hydrogen-bond acceptors (Lipinski definition) is 7. The standard InChI is InChI=1S/C24H24N4O4/c1-30-19-11-16(12-20(31-2)23(19)32-3)15-9-17-21(18(29)10-15)22(14-7-5-4-6-8-14)28-24(27-17)25-13-26-28/h4-8,11-13,15,22H,9-10H2,1-3H3,(H,25,26,27). The number of allylic oxidation sites excluding steroid dienone is 2. The van der Waals surface area contributed by atoms with Crippen molar-refractivity contribution in [3.8, 4) is 17.2 Å². The summed E-state index contributed by atoms with van der Waals surface area (Å²) in [6.45, 7) is 0. The van der Waals surface area contributed by atoms with Crippen molar-refractivity contribution in [3.63, 3.8) is 0 Å². The topological polar surface area (TPSA) is 87.5 Å².